The largest absolute Gasteiger partial charge is 0.355 e. The zero-order valence-electron chi connectivity index (χ0n) is 10.8. The van der Waals surface area contributed by atoms with Crippen LogP contribution in [0, 0.1) is 11.3 Å². The topological polar surface area (TPSA) is 90.3 Å². The highest BCUT2D eigenvalue weighted by atomic mass is 32.2. The van der Waals surface area contributed by atoms with Crippen molar-refractivity contribution >= 4 is 21.6 Å². The fourth-order valence-corrected chi connectivity index (χ4v) is 2.45. The molecule has 0 aliphatic rings. The summed E-state index contributed by atoms with van der Waals surface area (Å²) in [6, 6.07) is 8.19. The van der Waals surface area contributed by atoms with E-state index in [0.29, 0.717) is 11.3 Å². The lowest BCUT2D eigenvalue weighted by Crippen LogP contribution is -2.37. The van der Waals surface area contributed by atoms with Crippen molar-refractivity contribution in [3.05, 3.63) is 29.8 Å². The Kier molecular flexibility index (Phi) is 4.89. The van der Waals surface area contributed by atoms with Gasteiger partial charge in [-0.05, 0) is 24.3 Å². The van der Waals surface area contributed by atoms with Crippen molar-refractivity contribution in [3.8, 4) is 6.07 Å². The van der Waals surface area contributed by atoms with E-state index in [1.165, 1.54) is 11.2 Å². The molecular formula is C12H15N3O3S. The lowest BCUT2D eigenvalue weighted by Gasteiger charge is -2.22. The number of nitrogens with zero attached hydrogens (tertiary/aromatic N) is 2. The van der Waals surface area contributed by atoms with E-state index in [1.807, 2.05) is 6.07 Å². The highest BCUT2D eigenvalue weighted by molar-refractivity contribution is 7.92. The standard InChI is InChI=1S/C12H15N3O3S/c1-10(16)14-7-8-15(19(2,17)18)12-5-3-11(9-13)4-6-12/h3-6H,7-8H2,1-2H3,(H,14,16). The molecule has 0 spiro atoms. The van der Waals surface area contributed by atoms with E-state index in [9.17, 15) is 13.2 Å². The fourth-order valence-electron chi connectivity index (χ4n) is 1.52. The minimum absolute atomic E-state index is 0.143. The number of hydrogen-bond donors (Lipinski definition) is 1. The van der Waals surface area contributed by atoms with Crippen molar-refractivity contribution in [1.29, 1.82) is 5.26 Å². The molecule has 0 radical (unpaired) electrons. The van der Waals surface area contributed by atoms with Gasteiger partial charge in [0, 0.05) is 13.5 Å². The monoisotopic (exact) mass is 281 g/mol. The van der Waals surface area contributed by atoms with Gasteiger partial charge in [0.2, 0.25) is 15.9 Å². The summed E-state index contributed by atoms with van der Waals surface area (Å²) in [6.45, 7) is 1.74. The molecule has 7 heteroatoms. The molecule has 1 aromatic rings. The average Bonchev–Trinajstić information content (AvgIpc) is 2.33. The van der Waals surface area contributed by atoms with Gasteiger partial charge >= 0.3 is 0 Å². The Morgan fingerprint density at radius 3 is 2.37 bits per heavy atom. The van der Waals surface area contributed by atoms with Crippen LogP contribution in [0.1, 0.15) is 12.5 Å². The van der Waals surface area contributed by atoms with Crippen molar-refractivity contribution < 1.29 is 13.2 Å². The molecule has 0 aliphatic carbocycles. The molecule has 0 fully saturated rings. The number of anilines is 1. The minimum Gasteiger partial charge on any atom is -0.355 e. The first-order valence-electron chi connectivity index (χ1n) is 5.57. The molecule has 0 atom stereocenters. The number of carbonyl (C=O) groups excluding carboxylic acids is 1. The molecule has 0 saturated heterocycles. The molecule has 0 unspecified atom stereocenters. The molecule has 0 heterocycles. The second-order valence-electron chi connectivity index (χ2n) is 3.98. The molecule has 0 saturated carbocycles. The first-order chi connectivity index (χ1) is 8.84. The summed E-state index contributed by atoms with van der Waals surface area (Å²) >= 11 is 0. The van der Waals surface area contributed by atoms with Crippen molar-refractivity contribution in [1.82, 2.24) is 5.32 Å². The lowest BCUT2D eigenvalue weighted by atomic mass is 10.2. The van der Waals surface area contributed by atoms with Gasteiger partial charge in [-0.3, -0.25) is 9.10 Å². The molecule has 1 rings (SSSR count). The molecule has 6 nitrogen and oxygen atoms in total. The number of benzene rings is 1. The zero-order valence-corrected chi connectivity index (χ0v) is 11.6. The van der Waals surface area contributed by atoms with Crippen LogP contribution in [-0.4, -0.2) is 33.7 Å². The van der Waals surface area contributed by atoms with Crippen molar-refractivity contribution in [2.45, 2.75) is 6.92 Å². The average molecular weight is 281 g/mol. The molecule has 102 valence electrons. The van der Waals surface area contributed by atoms with Gasteiger partial charge in [-0.1, -0.05) is 0 Å². The smallest absolute Gasteiger partial charge is 0.232 e. The number of carbonyl (C=O) groups is 1. The molecule has 1 N–H and O–H groups in total. The van der Waals surface area contributed by atoms with Crippen LogP contribution >= 0.6 is 0 Å². The van der Waals surface area contributed by atoms with Gasteiger partial charge in [0.05, 0.1) is 30.1 Å². The maximum Gasteiger partial charge on any atom is 0.232 e. The number of hydrogen-bond acceptors (Lipinski definition) is 4. The maximum absolute atomic E-state index is 11.7. The maximum atomic E-state index is 11.7. The highest BCUT2D eigenvalue weighted by Crippen LogP contribution is 2.17. The third-order valence-electron chi connectivity index (χ3n) is 2.37. The summed E-state index contributed by atoms with van der Waals surface area (Å²) in [4.78, 5) is 10.8. The van der Waals surface area contributed by atoms with Gasteiger partial charge in [0.25, 0.3) is 0 Å². The second-order valence-corrected chi connectivity index (χ2v) is 5.88. The number of sulfonamides is 1. The summed E-state index contributed by atoms with van der Waals surface area (Å²) < 4.78 is 24.6. The third-order valence-corrected chi connectivity index (χ3v) is 3.57. The molecule has 1 amide bonds. The van der Waals surface area contributed by atoms with Crippen LogP contribution in [-0.2, 0) is 14.8 Å². The lowest BCUT2D eigenvalue weighted by molar-refractivity contribution is -0.118. The number of amides is 1. The SMILES string of the molecule is CC(=O)NCCN(c1ccc(C#N)cc1)S(C)(=O)=O. The van der Waals surface area contributed by atoms with Gasteiger partial charge in [0.1, 0.15) is 0 Å². The van der Waals surface area contributed by atoms with Crippen LogP contribution in [0.4, 0.5) is 5.69 Å². The Balaban J connectivity index is 2.91. The Morgan fingerprint density at radius 1 is 1.37 bits per heavy atom. The Hall–Kier alpha value is -2.07. The Morgan fingerprint density at radius 2 is 1.95 bits per heavy atom. The zero-order chi connectivity index (χ0) is 14.5. The fraction of sp³-hybridized carbons (Fsp3) is 0.333. The van der Waals surface area contributed by atoms with Gasteiger partial charge in [0.15, 0.2) is 0 Å². The molecule has 0 bridgehead atoms. The normalized spacial score (nSPS) is 10.6. The van der Waals surface area contributed by atoms with Gasteiger partial charge in [-0.2, -0.15) is 5.26 Å². The number of nitriles is 1. The van der Waals surface area contributed by atoms with E-state index in [-0.39, 0.29) is 19.0 Å². The molecule has 0 aliphatic heterocycles. The van der Waals surface area contributed by atoms with Crippen molar-refractivity contribution in [2.24, 2.45) is 0 Å². The predicted molar refractivity (Wildman–Crippen MR) is 72.0 cm³/mol. The Labute approximate surface area is 112 Å². The molecule has 0 aromatic heterocycles. The van der Waals surface area contributed by atoms with Crippen LogP contribution in [0.5, 0.6) is 0 Å². The van der Waals surface area contributed by atoms with Gasteiger partial charge in [-0.15, -0.1) is 0 Å². The van der Waals surface area contributed by atoms with Crippen LogP contribution in [0.25, 0.3) is 0 Å². The van der Waals surface area contributed by atoms with Crippen molar-refractivity contribution in [2.75, 3.05) is 23.7 Å². The number of rotatable bonds is 5. The molecular weight excluding hydrogens is 266 g/mol. The molecule has 19 heavy (non-hydrogen) atoms. The first-order valence-corrected chi connectivity index (χ1v) is 7.41. The van der Waals surface area contributed by atoms with E-state index in [4.69, 9.17) is 5.26 Å². The second kappa shape index (κ2) is 6.20. The van der Waals surface area contributed by atoms with Crippen LogP contribution in [0.15, 0.2) is 24.3 Å². The van der Waals surface area contributed by atoms with Crippen LogP contribution in [0.3, 0.4) is 0 Å². The quantitative estimate of drug-likeness (QED) is 0.849. The van der Waals surface area contributed by atoms with E-state index in [1.54, 1.807) is 24.3 Å². The summed E-state index contributed by atoms with van der Waals surface area (Å²) in [5.74, 6) is -0.215. The van der Waals surface area contributed by atoms with E-state index < -0.39 is 10.0 Å². The minimum atomic E-state index is -3.44. The van der Waals surface area contributed by atoms with Crippen molar-refractivity contribution in [3.63, 3.8) is 0 Å². The van der Waals surface area contributed by atoms with Gasteiger partial charge in [-0.25, -0.2) is 8.42 Å². The van der Waals surface area contributed by atoms with Crippen LogP contribution in [0.2, 0.25) is 0 Å². The Bertz CT molecular complexity index is 588. The summed E-state index contributed by atoms with van der Waals surface area (Å²) in [6.07, 6.45) is 1.10. The van der Waals surface area contributed by atoms with Gasteiger partial charge < -0.3 is 5.32 Å². The van der Waals surface area contributed by atoms with Crippen LogP contribution < -0.4 is 9.62 Å². The first kappa shape index (κ1) is 15.0. The van der Waals surface area contributed by atoms with E-state index in [0.717, 1.165) is 6.26 Å². The number of nitrogens with one attached hydrogen (secondary N) is 1. The predicted octanol–water partition coefficient (Wildman–Crippen LogP) is 0.460. The summed E-state index contributed by atoms with van der Waals surface area (Å²) in [5, 5.41) is 11.2. The summed E-state index contributed by atoms with van der Waals surface area (Å²) in [7, 11) is -3.44. The molecule has 1 aromatic carbocycles. The summed E-state index contributed by atoms with van der Waals surface area (Å²) in [5.41, 5.74) is 0.922. The third kappa shape index (κ3) is 4.60. The van der Waals surface area contributed by atoms with E-state index in [2.05, 4.69) is 5.32 Å². The van der Waals surface area contributed by atoms with E-state index >= 15 is 0 Å². The highest BCUT2D eigenvalue weighted by Gasteiger charge is 2.16.